The van der Waals surface area contributed by atoms with Crippen LogP contribution in [0.3, 0.4) is 0 Å². The predicted octanol–water partition coefficient (Wildman–Crippen LogP) is 4.72. The molecule has 0 fully saturated rings. The van der Waals surface area contributed by atoms with Gasteiger partial charge in [0.1, 0.15) is 11.6 Å². The average Bonchev–Trinajstić information content (AvgIpc) is 2.34. The topological polar surface area (TPSA) is 17.1 Å². The highest BCUT2D eigenvalue weighted by Crippen LogP contribution is 2.25. The quantitative estimate of drug-likeness (QED) is 0.694. The highest BCUT2D eigenvalue weighted by molar-refractivity contribution is 9.11. The molecular formula is C13H6Br2F2O. The van der Waals surface area contributed by atoms with Crippen LogP contribution >= 0.6 is 31.9 Å². The summed E-state index contributed by atoms with van der Waals surface area (Å²) in [4.78, 5) is 12.1. The molecule has 0 radical (unpaired) electrons. The minimum Gasteiger partial charge on any atom is -0.288 e. The number of hydrogen-bond acceptors (Lipinski definition) is 1. The molecular weight excluding hydrogens is 370 g/mol. The Labute approximate surface area is 119 Å². The van der Waals surface area contributed by atoms with Crippen LogP contribution in [0.4, 0.5) is 8.78 Å². The summed E-state index contributed by atoms with van der Waals surface area (Å²) in [7, 11) is 0. The summed E-state index contributed by atoms with van der Waals surface area (Å²) in [6, 6.07) is 7.76. The molecule has 5 heteroatoms. The van der Waals surface area contributed by atoms with Gasteiger partial charge in [-0.05, 0) is 36.4 Å². The highest BCUT2D eigenvalue weighted by atomic mass is 79.9. The van der Waals surface area contributed by atoms with Crippen LogP contribution in [-0.4, -0.2) is 5.78 Å². The molecule has 0 aliphatic heterocycles. The molecule has 0 saturated carbocycles. The summed E-state index contributed by atoms with van der Waals surface area (Å²) in [5, 5.41) is 0. The molecule has 2 aromatic carbocycles. The first-order chi connectivity index (χ1) is 8.49. The van der Waals surface area contributed by atoms with E-state index < -0.39 is 17.4 Å². The van der Waals surface area contributed by atoms with Crippen LogP contribution in [0, 0.1) is 11.6 Å². The lowest BCUT2D eigenvalue weighted by atomic mass is 10.0. The normalized spacial score (nSPS) is 10.4. The maximum Gasteiger partial charge on any atom is 0.197 e. The molecule has 18 heavy (non-hydrogen) atoms. The Morgan fingerprint density at radius 2 is 1.67 bits per heavy atom. The fourth-order valence-electron chi connectivity index (χ4n) is 1.49. The third kappa shape index (κ3) is 2.67. The highest BCUT2D eigenvalue weighted by Gasteiger charge is 2.17. The number of carbonyl (C=O) groups is 1. The Morgan fingerprint density at radius 3 is 2.39 bits per heavy atom. The van der Waals surface area contributed by atoms with Gasteiger partial charge in [-0.25, -0.2) is 8.78 Å². The van der Waals surface area contributed by atoms with Crippen LogP contribution in [0.1, 0.15) is 15.9 Å². The summed E-state index contributed by atoms with van der Waals surface area (Å²) in [6.45, 7) is 0. The number of ketones is 1. The van der Waals surface area contributed by atoms with E-state index in [1.807, 2.05) is 0 Å². The standard InChI is InChI=1S/C13H6Br2F2O/c14-7-1-3-11(15)9(5-7)13(18)10-6-8(16)2-4-12(10)17/h1-6H. The van der Waals surface area contributed by atoms with Gasteiger partial charge in [-0.2, -0.15) is 0 Å². The fourth-order valence-corrected chi connectivity index (χ4v) is 2.28. The average molecular weight is 376 g/mol. The fraction of sp³-hybridized carbons (Fsp3) is 0. The predicted molar refractivity (Wildman–Crippen MR) is 71.6 cm³/mol. The number of rotatable bonds is 2. The van der Waals surface area contributed by atoms with Gasteiger partial charge in [0.2, 0.25) is 0 Å². The molecule has 0 bridgehead atoms. The van der Waals surface area contributed by atoms with Crippen molar-refractivity contribution < 1.29 is 13.6 Å². The van der Waals surface area contributed by atoms with Crippen LogP contribution in [0.5, 0.6) is 0 Å². The minimum atomic E-state index is -0.742. The van der Waals surface area contributed by atoms with Crippen molar-refractivity contribution in [1.82, 2.24) is 0 Å². The zero-order chi connectivity index (χ0) is 13.3. The molecule has 0 aliphatic carbocycles. The molecule has 0 N–H and O–H groups in total. The molecule has 0 heterocycles. The minimum absolute atomic E-state index is 0.272. The van der Waals surface area contributed by atoms with E-state index in [0.29, 0.717) is 8.95 Å². The summed E-state index contributed by atoms with van der Waals surface area (Å²) in [5.74, 6) is -1.96. The van der Waals surface area contributed by atoms with E-state index in [9.17, 15) is 13.6 Å². The van der Waals surface area contributed by atoms with Crippen LogP contribution in [0.2, 0.25) is 0 Å². The second-order valence-corrected chi connectivity index (χ2v) is 5.35. The lowest BCUT2D eigenvalue weighted by Crippen LogP contribution is -2.06. The summed E-state index contributed by atoms with van der Waals surface area (Å²) in [5.41, 5.74) is -0.0114. The third-order valence-electron chi connectivity index (χ3n) is 2.35. The van der Waals surface area contributed by atoms with Crippen LogP contribution < -0.4 is 0 Å². The van der Waals surface area contributed by atoms with Gasteiger partial charge in [0.25, 0.3) is 0 Å². The zero-order valence-corrected chi connectivity index (χ0v) is 12.1. The van der Waals surface area contributed by atoms with E-state index >= 15 is 0 Å². The molecule has 2 rings (SSSR count). The van der Waals surface area contributed by atoms with Crippen LogP contribution in [0.25, 0.3) is 0 Å². The second kappa shape index (κ2) is 5.28. The summed E-state index contributed by atoms with van der Waals surface area (Å²) < 4.78 is 27.8. The molecule has 0 aliphatic rings. The SMILES string of the molecule is O=C(c1cc(F)ccc1F)c1cc(Br)ccc1Br. The van der Waals surface area contributed by atoms with Gasteiger partial charge in [-0.15, -0.1) is 0 Å². The number of hydrogen-bond donors (Lipinski definition) is 0. The van der Waals surface area contributed by atoms with Crippen molar-refractivity contribution in [2.75, 3.05) is 0 Å². The monoisotopic (exact) mass is 374 g/mol. The van der Waals surface area contributed by atoms with E-state index in [1.165, 1.54) is 0 Å². The van der Waals surface area contributed by atoms with Crippen molar-refractivity contribution in [2.45, 2.75) is 0 Å². The Balaban J connectivity index is 2.54. The molecule has 0 atom stereocenters. The van der Waals surface area contributed by atoms with Crippen molar-refractivity contribution in [3.05, 3.63) is 68.1 Å². The maximum atomic E-state index is 13.5. The molecule has 2 aromatic rings. The van der Waals surface area contributed by atoms with Crippen LogP contribution in [-0.2, 0) is 0 Å². The molecule has 0 saturated heterocycles. The van der Waals surface area contributed by atoms with E-state index in [2.05, 4.69) is 31.9 Å². The second-order valence-electron chi connectivity index (χ2n) is 3.58. The van der Waals surface area contributed by atoms with Crippen molar-refractivity contribution >= 4 is 37.6 Å². The Morgan fingerprint density at radius 1 is 0.944 bits per heavy atom. The van der Waals surface area contributed by atoms with Gasteiger partial charge in [0.05, 0.1) is 5.56 Å². The van der Waals surface area contributed by atoms with Crippen molar-refractivity contribution in [1.29, 1.82) is 0 Å². The molecule has 0 spiro atoms. The number of carbonyl (C=O) groups excluding carboxylic acids is 1. The first-order valence-corrected chi connectivity index (χ1v) is 6.52. The molecule has 0 aromatic heterocycles. The van der Waals surface area contributed by atoms with Crippen molar-refractivity contribution in [2.24, 2.45) is 0 Å². The Hall–Kier alpha value is -1.07. The summed E-state index contributed by atoms with van der Waals surface area (Å²) in [6.07, 6.45) is 0. The van der Waals surface area contributed by atoms with Gasteiger partial charge < -0.3 is 0 Å². The van der Waals surface area contributed by atoms with Gasteiger partial charge in [0.15, 0.2) is 5.78 Å². The summed E-state index contributed by atoms with van der Waals surface area (Å²) >= 11 is 6.44. The van der Waals surface area contributed by atoms with Crippen molar-refractivity contribution in [3.63, 3.8) is 0 Å². The molecule has 0 amide bonds. The van der Waals surface area contributed by atoms with E-state index in [0.717, 1.165) is 18.2 Å². The lowest BCUT2D eigenvalue weighted by Gasteiger charge is -2.06. The van der Waals surface area contributed by atoms with E-state index in [4.69, 9.17) is 0 Å². The molecule has 0 unspecified atom stereocenters. The smallest absolute Gasteiger partial charge is 0.197 e. The van der Waals surface area contributed by atoms with Gasteiger partial charge in [0, 0.05) is 14.5 Å². The van der Waals surface area contributed by atoms with Gasteiger partial charge >= 0.3 is 0 Å². The largest absolute Gasteiger partial charge is 0.288 e. The van der Waals surface area contributed by atoms with E-state index in [-0.39, 0.29) is 11.1 Å². The number of halogens is 4. The Bertz CT molecular complexity index is 573. The first kappa shape index (κ1) is 13.4. The maximum absolute atomic E-state index is 13.5. The van der Waals surface area contributed by atoms with Gasteiger partial charge in [-0.3, -0.25) is 4.79 Å². The van der Waals surface area contributed by atoms with Gasteiger partial charge in [-0.1, -0.05) is 31.9 Å². The molecule has 1 nitrogen and oxygen atoms in total. The van der Waals surface area contributed by atoms with E-state index in [1.54, 1.807) is 18.2 Å². The molecule has 92 valence electrons. The Kier molecular flexibility index (Phi) is 3.92. The van der Waals surface area contributed by atoms with Crippen LogP contribution in [0.15, 0.2) is 45.3 Å². The third-order valence-corrected chi connectivity index (χ3v) is 3.53. The number of benzene rings is 2. The lowest BCUT2D eigenvalue weighted by molar-refractivity contribution is 0.103. The van der Waals surface area contributed by atoms with Crippen molar-refractivity contribution in [3.8, 4) is 0 Å². The first-order valence-electron chi connectivity index (χ1n) is 4.94. The zero-order valence-electron chi connectivity index (χ0n) is 8.88.